The fourth-order valence-corrected chi connectivity index (χ4v) is 4.87. The van der Waals surface area contributed by atoms with Gasteiger partial charge in [0.25, 0.3) is 0 Å². The van der Waals surface area contributed by atoms with Crippen LogP contribution in [0.3, 0.4) is 0 Å². The molecule has 1 fully saturated rings. The lowest BCUT2D eigenvalue weighted by molar-refractivity contribution is 0.173. The summed E-state index contributed by atoms with van der Waals surface area (Å²) in [5.41, 5.74) is 1.14. The highest BCUT2D eigenvalue weighted by Gasteiger charge is 2.28. The van der Waals surface area contributed by atoms with Gasteiger partial charge in [-0.3, -0.25) is 4.90 Å². The molecule has 8 heteroatoms. The van der Waals surface area contributed by atoms with Crippen molar-refractivity contribution >= 4 is 26.0 Å². The van der Waals surface area contributed by atoms with Crippen LogP contribution < -0.4 is 9.47 Å². The van der Waals surface area contributed by atoms with Gasteiger partial charge in [0, 0.05) is 37.2 Å². The second-order valence-corrected chi connectivity index (χ2v) is 9.18. The Bertz CT molecular complexity index is 894. The number of sulfonamides is 1. The Kier molecular flexibility index (Phi) is 4.92. The van der Waals surface area contributed by atoms with E-state index < -0.39 is 10.0 Å². The van der Waals surface area contributed by atoms with E-state index in [0.29, 0.717) is 31.1 Å². The van der Waals surface area contributed by atoms with Crippen LogP contribution in [0.5, 0.6) is 11.5 Å². The van der Waals surface area contributed by atoms with E-state index in [1.165, 1.54) is 0 Å². The molecule has 1 saturated heterocycles. The summed E-state index contributed by atoms with van der Waals surface area (Å²) in [5.74, 6) is 1.55. The van der Waals surface area contributed by atoms with Crippen LogP contribution in [0.25, 0.3) is 0 Å². The van der Waals surface area contributed by atoms with Crippen LogP contribution in [0, 0.1) is 0 Å². The van der Waals surface area contributed by atoms with E-state index in [1.807, 2.05) is 18.2 Å². The molecular formula is C18H19BrN2O4S. The fourth-order valence-electron chi connectivity index (χ4n) is 3.18. The van der Waals surface area contributed by atoms with Gasteiger partial charge in [0.15, 0.2) is 11.5 Å². The SMILES string of the molecule is O=S(=O)(c1ccc(Br)cc1)N1CCN(Cc2ccc3c(c2)OCO3)CC1. The summed E-state index contributed by atoms with van der Waals surface area (Å²) in [7, 11) is -3.43. The predicted molar refractivity (Wildman–Crippen MR) is 101 cm³/mol. The van der Waals surface area contributed by atoms with Crippen molar-refractivity contribution in [2.75, 3.05) is 33.0 Å². The second kappa shape index (κ2) is 7.19. The van der Waals surface area contributed by atoms with Gasteiger partial charge in [-0.2, -0.15) is 4.31 Å². The summed E-state index contributed by atoms with van der Waals surface area (Å²) < 4.78 is 38.7. The van der Waals surface area contributed by atoms with Gasteiger partial charge in [-0.05, 0) is 42.0 Å². The topological polar surface area (TPSA) is 59.1 Å². The van der Waals surface area contributed by atoms with E-state index in [9.17, 15) is 8.42 Å². The molecule has 0 amide bonds. The maximum absolute atomic E-state index is 12.8. The van der Waals surface area contributed by atoms with Gasteiger partial charge in [0.1, 0.15) is 0 Å². The molecule has 0 bridgehead atoms. The van der Waals surface area contributed by atoms with E-state index >= 15 is 0 Å². The van der Waals surface area contributed by atoms with Crippen LogP contribution in [0.1, 0.15) is 5.56 Å². The molecular weight excluding hydrogens is 420 g/mol. The summed E-state index contributed by atoms with van der Waals surface area (Å²) in [6.45, 7) is 3.41. The number of fused-ring (bicyclic) bond motifs is 1. The molecule has 2 heterocycles. The van der Waals surface area contributed by atoms with Crippen molar-refractivity contribution in [3.63, 3.8) is 0 Å². The number of halogens is 1. The molecule has 2 aromatic carbocycles. The number of benzene rings is 2. The van der Waals surface area contributed by atoms with Gasteiger partial charge < -0.3 is 9.47 Å². The fraction of sp³-hybridized carbons (Fsp3) is 0.333. The Morgan fingerprint density at radius 3 is 2.35 bits per heavy atom. The Labute approximate surface area is 161 Å². The Morgan fingerprint density at radius 1 is 0.923 bits per heavy atom. The average Bonchev–Trinajstić information content (AvgIpc) is 3.10. The van der Waals surface area contributed by atoms with E-state index in [0.717, 1.165) is 28.1 Å². The largest absolute Gasteiger partial charge is 0.454 e. The average molecular weight is 439 g/mol. The predicted octanol–water partition coefficient (Wildman–Crippen LogP) is 2.68. The van der Waals surface area contributed by atoms with Gasteiger partial charge >= 0.3 is 0 Å². The number of piperazine rings is 1. The summed E-state index contributed by atoms with van der Waals surface area (Å²) >= 11 is 3.33. The lowest BCUT2D eigenvalue weighted by atomic mass is 10.2. The standard InChI is InChI=1S/C18H19BrN2O4S/c19-15-2-4-16(5-3-15)26(22,23)21-9-7-20(8-10-21)12-14-1-6-17-18(11-14)25-13-24-17/h1-6,11H,7-10,12-13H2. The maximum atomic E-state index is 12.8. The molecule has 6 nitrogen and oxygen atoms in total. The molecule has 0 spiro atoms. The van der Waals surface area contributed by atoms with Crippen LogP contribution in [0.2, 0.25) is 0 Å². The van der Waals surface area contributed by atoms with Crippen LogP contribution in [-0.2, 0) is 16.6 Å². The van der Waals surface area contributed by atoms with Crippen LogP contribution in [0.4, 0.5) is 0 Å². The Morgan fingerprint density at radius 2 is 1.62 bits per heavy atom. The van der Waals surface area contributed by atoms with Gasteiger partial charge in [-0.1, -0.05) is 22.0 Å². The minimum Gasteiger partial charge on any atom is -0.454 e. The van der Waals surface area contributed by atoms with Gasteiger partial charge in [-0.15, -0.1) is 0 Å². The number of nitrogens with zero attached hydrogens (tertiary/aromatic N) is 2. The highest BCUT2D eigenvalue weighted by Crippen LogP contribution is 2.33. The second-order valence-electron chi connectivity index (χ2n) is 6.32. The molecule has 2 aliphatic heterocycles. The van der Waals surface area contributed by atoms with E-state index in [1.54, 1.807) is 28.6 Å². The Balaban J connectivity index is 1.38. The molecule has 138 valence electrons. The third kappa shape index (κ3) is 3.59. The van der Waals surface area contributed by atoms with E-state index in [-0.39, 0.29) is 6.79 Å². The molecule has 0 aliphatic carbocycles. The zero-order valence-corrected chi connectivity index (χ0v) is 16.5. The first-order valence-corrected chi connectivity index (χ1v) is 10.6. The zero-order chi connectivity index (χ0) is 18.1. The third-order valence-corrected chi connectivity index (χ3v) is 7.07. The van der Waals surface area contributed by atoms with Gasteiger partial charge in [0.2, 0.25) is 16.8 Å². The quantitative estimate of drug-likeness (QED) is 0.734. The molecule has 0 N–H and O–H groups in total. The first kappa shape index (κ1) is 17.8. The third-order valence-electron chi connectivity index (χ3n) is 4.63. The number of hydrogen-bond acceptors (Lipinski definition) is 5. The molecule has 2 aromatic rings. The lowest BCUT2D eigenvalue weighted by Crippen LogP contribution is -2.48. The van der Waals surface area contributed by atoms with Crippen molar-refractivity contribution in [2.24, 2.45) is 0 Å². The van der Waals surface area contributed by atoms with E-state index in [4.69, 9.17) is 9.47 Å². The van der Waals surface area contributed by atoms with Crippen LogP contribution in [0.15, 0.2) is 51.8 Å². The van der Waals surface area contributed by atoms with Crippen molar-refractivity contribution in [3.8, 4) is 11.5 Å². The van der Waals surface area contributed by atoms with Crippen molar-refractivity contribution in [1.29, 1.82) is 0 Å². The smallest absolute Gasteiger partial charge is 0.243 e. The summed E-state index contributed by atoms with van der Waals surface area (Å²) in [4.78, 5) is 2.59. The van der Waals surface area contributed by atoms with Gasteiger partial charge in [0.05, 0.1) is 4.90 Å². The monoisotopic (exact) mass is 438 g/mol. The van der Waals surface area contributed by atoms with Crippen molar-refractivity contribution < 1.29 is 17.9 Å². The minimum absolute atomic E-state index is 0.269. The number of ether oxygens (including phenoxy) is 2. The highest BCUT2D eigenvalue weighted by atomic mass is 79.9. The van der Waals surface area contributed by atoms with Gasteiger partial charge in [-0.25, -0.2) is 8.42 Å². The van der Waals surface area contributed by atoms with E-state index in [2.05, 4.69) is 20.8 Å². The summed E-state index contributed by atoms with van der Waals surface area (Å²) in [6, 6.07) is 12.7. The minimum atomic E-state index is -3.43. The van der Waals surface area contributed by atoms with Crippen molar-refractivity contribution in [3.05, 3.63) is 52.5 Å². The lowest BCUT2D eigenvalue weighted by Gasteiger charge is -2.34. The number of rotatable bonds is 4. The summed E-state index contributed by atoms with van der Waals surface area (Å²) in [5, 5.41) is 0. The first-order valence-electron chi connectivity index (χ1n) is 8.39. The molecule has 0 aromatic heterocycles. The molecule has 26 heavy (non-hydrogen) atoms. The molecule has 4 rings (SSSR count). The molecule has 0 saturated carbocycles. The van der Waals surface area contributed by atoms with Crippen molar-refractivity contribution in [2.45, 2.75) is 11.4 Å². The first-order chi connectivity index (χ1) is 12.5. The Hall–Kier alpha value is -1.61. The molecule has 2 aliphatic rings. The summed E-state index contributed by atoms with van der Waals surface area (Å²) in [6.07, 6.45) is 0. The van der Waals surface area contributed by atoms with Crippen molar-refractivity contribution in [1.82, 2.24) is 9.21 Å². The van der Waals surface area contributed by atoms with Crippen LogP contribution >= 0.6 is 15.9 Å². The highest BCUT2D eigenvalue weighted by molar-refractivity contribution is 9.10. The molecule has 0 unspecified atom stereocenters. The molecule has 0 radical (unpaired) electrons. The number of hydrogen-bond donors (Lipinski definition) is 0. The maximum Gasteiger partial charge on any atom is 0.243 e. The normalized spacial score (nSPS) is 18.2. The zero-order valence-electron chi connectivity index (χ0n) is 14.1. The van der Waals surface area contributed by atoms with Crippen LogP contribution in [-0.4, -0.2) is 50.6 Å². The molecule has 0 atom stereocenters.